The molecule has 1 heterocycles. The maximum atomic E-state index is 13.6. The lowest BCUT2D eigenvalue weighted by Gasteiger charge is -2.27. The van der Waals surface area contributed by atoms with Gasteiger partial charge in [0.05, 0.1) is 12.5 Å². The molecule has 1 unspecified atom stereocenters. The average molecular weight is 367 g/mol. The molecule has 1 fully saturated rings. The number of carbonyl (C=O) groups is 2. The normalized spacial score (nSPS) is 15.3. The van der Waals surface area contributed by atoms with E-state index in [2.05, 4.69) is 0 Å². The molecule has 0 spiro atoms. The number of nitrogens with zero attached hydrogens (tertiary/aromatic N) is 2. The SMILES string of the molecule is CC.CC.CCCN(C(C)=O)C1CCN(C(=O)Cc2ccccc2F)C1. The molecule has 4 nitrogen and oxygen atoms in total. The molecule has 148 valence electrons. The van der Waals surface area contributed by atoms with E-state index in [0.29, 0.717) is 18.7 Å². The molecule has 5 heteroatoms. The van der Waals surface area contributed by atoms with Crippen molar-refractivity contribution in [2.24, 2.45) is 0 Å². The van der Waals surface area contributed by atoms with Crippen molar-refractivity contribution in [3.05, 3.63) is 35.6 Å². The minimum Gasteiger partial charge on any atom is -0.340 e. The monoisotopic (exact) mass is 366 g/mol. The lowest BCUT2D eigenvalue weighted by atomic mass is 10.1. The molecule has 0 aromatic heterocycles. The van der Waals surface area contributed by atoms with Gasteiger partial charge in [0.2, 0.25) is 11.8 Å². The summed E-state index contributed by atoms with van der Waals surface area (Å²) in [7, 11) is 0. The molecule has 1 aliphatic rings. The molecular formula is C21H35FN2O2. The van der Waals surface area contributed by atoms with E-state index in [-0.39, 0.29) is 30.1 Å². The second kappa shape index (κ2) is 13.3. The van der Waals surface area contributed by atoms with Crippen LogP contribution in [-0.2, 0) is 16.0 Å². The first kappa shape index (κ1) is 24.1. The minimum atomic E-state index is -0.344. The predicted molar refractivity (Wildman–Crippen MR) is 105 cm³/mol. The summed E-state index contributed by atoms with van der Waals surface area (Å²) >= 11 is 0. The van der Waals surface area contributed by atoms with Gasteiger partial charge in [-0.1, -0.05) is 52.8 Å². The third kappa shape index (κ3) is 7.14. The van der Waals surface area contributed by atoms with Crippen LogP contribution in [-0.4, -0.2) is 47.3 Å². The highest BCUT2D eigenvalue weighted by Crippen LogP contribution is 2.18. The van der Waals surface area contributed by atoms with Gasteiger partial charge < -0.3 is 9.80 Å². The predicted octanol–water partition coefficient (Wildman–Crippen LogP) is 4.28. The summed E-state index contributed by atoms with van der Waals surface area (Å²) < 4.78 is 13.6. The zero-order valence-corrected chi connectivity index (χ0v) is 17.2. The molecule has 2 rings (SSSR count). The quantitative estimate of drug-likeness (QED) is 0.780. The number of hydrogen-bond donors (Lipinski definition) is 0. The second-order valence-electron chi connectivity index (χ2n) is 5.76. The van der Waals surface area contributed by atoms with Gasteiger partial charge in [0, 0.05) is 26.6 Å². The fraction of sp³-hybridized carbons (Fsp3) is 0.619. The molecule has 1 saturated heterocycles. The number of rotatable bonds is 5. The summed E-state index contributed by atoms with van der Waals surface area (Å²) in [4.78, 5) is 27.6. The lowest BCUT2D eigenvalue weighted by molar-refractivity contribution is -0.133. The van der Waals surface area contributed by atoms with Crippen molar-refractivity contribution in [2.45, 2.75) is 66.8 Å². The summed E-state index contributed by atoms with van der Waals surface area (Å²) in [5.41, 5.74) is 0.424. The van der Waals surface area contributed by atoms with Gasteiger partial charge in [-0.15, -0.1) is 0 Å². The van der Waals surface area contributed by atoms with Crippen LogP contribution in [0.2, 0.25) is 0 Å². The number of likely N-dealkylation sites (tertiary alicyclic amines) is 1. The van der Waals surface area contributed by atoms with Crippen LogP contribution < -0.4 is 0 Å². The van der Waals surface area contributed by atoms with Crippen LogP contribution >= 0.6 is 0 Å². The zero-order valence-electron chi connectivity index (χ0n) is 17.2. The fourth-order valence-corrected chi connectivity index (χ4v) is 2.98. The van der Waals surface area contributed by atoms with Crippen molar-refractivity contribution in [3.8, 4) is 0 Å². The molecule has 0 saturated carbocycles. The van der Waals surface area contributed by atoms with E-state index < -0.39 is 0 Å². The maximum Gasteiger partial charge on any atom is 0.227 e. The fourth-order valence-electron chi connectivity index (χ4n) is 2.98. The molecule has 0 N–H and O–H groups in total. The van der Waals surface area contributed by atoms with Crippen LogP contribution in [0.3, 0.4) is 0 Å². The second-order valence-corrected chi connectivity index (χ2v) is 5.76. The van der Waals surface area contributed by atoms with Crippen LogP contribution in [0.1, 0.15) is 59.9 Å². The third-order valence-electron chi connectivity index (χ3n) is 4.13. The standard InChI is InChI=1S/C17H23FN2O2.2C2H6/c1-3-9-20(13(2)21)15-8-10-19(12-15)17(22)11-14-6-4-5-7-16(14)18;2*1-2/h4-7,15H,3,8-12H2,1-2H3;2*1-2H3. The Labute approximate surface area is 158 Å². The molecule has 26 heavy (non-hydrogen) atoms. The number of benzene rings is 1. The highest BCUT2D eigenvalue weighted by atomic mass is 19.1. The van der Waals surface area contributed by atoms with E-state index in [9.17, 15) is 14.0 Å². The van der Waals surface area contributed by atoms with E-state index in [1.165, 1.54) is 6.07 Å². The largest absolute Gasteiger partial charge is 0.340 e. The van der Waals surface area contributed by atoms with Crippen molar-refractivity contribution >= 4 is 11.8 Å². The molecule has 0 radical (unpaired) electrons. The van der Waals surface area contributed by atoms with E-state index >= 15 is 0 Å². The third-order valence-corrected chi connectivity index (χ3v) is 4.13. The number of hydrogen-bond acceptors (Lipinski definition) is 2. The smallest absolute Gasteiger partial charge is 0.227 e. The van der Waals surface area contributed by atoms with Gasteiger partial charge in [0.15, 0.2) is 0 Å². The Hall–Kier alpha value is -1.91. The van der Waals surface area contributed by atoms with Crippen molar-refractivity contribution in [1.82, 2.24) is 9.80 Å². The van der Waals surface area contributed by atoms with E-state index in [0.717, 1.165) is 19.4 Å². The van der Waals surface area contributed by atoms with Crippen LogP contribution in [0.15, 0.2) is 24.3 Å². The lowest BCUT2D eigenvalue weighted by Crippen LogP contribution is -2.42. The molecule has 1 atom stereocenters. The van der Waals surface area contributed by atoms with E-state index in [4.69, 9.17) is 0 Å². The Morgan fingerprint density at radius 2 is 1.81 bits per heavy atom. The van der Waals surface area contributed by atoms with E-state index in [1.807, 2.05) is 39.5 Å². The Balaban J connectivity index is 0.00000146. The molecule has 0 aliphatic carbocycles. The average Bonchev–Trinajstić information content (AvgIpc) is 3.14. The Kier molecular flexibility index (Phi) is 12.3. The topological polar surface area (TPSA) is 40.6 Å². The summed E-state index contributed by atoms with van der Waals surface area (Å²) in [5, 5.41) is 0. The summed E-state index contributed by atoms with van der Waals surface area (Å²) in [5.74, 6) is -0.370. The summed E-state index contributed by atoms with van der Waals surface area (Å²) in [6.07, 6.45) is 1.77. The van der Waals surface area contributed by atoms with Crippen LogP contribution in [0.4, 0.5) is 4.39 Å². The van der Waals surface area contributed by atoms with Crippen LogP contribution in [0.25, 0.3) is 0 Å². The molecule has 0 bridgehead atoms. The Morgan fingerprint density at radius 1 is 1.19 bits per heavy atom. The van der Waals surface area contributed by atoms with Gasteiger partial charge in [-0.25, -0.2) is 4.39 Å². The number of carbonyl (C=O) groups excluding carboxylic acids is 2. The highest BCUT2D eigenvalue weighted by Gasteiger charge is 2.31. The van der Waals surface area contributed by atoms with E-state index in [1.54, 1.807) is 30.0 Å². The molecule has 2 amide bonds. The van der Waals surface area contributed by atoms with Crippen molar-refractivity contribution in [1.29, 1.82) is 0 Å². The molecule has 1 aliphatic heterocycles. The van der Waals surface area contributed by atoms with Gasteiger partial charge in [0.25, 0.3) is 0 Å². The zero-order chi connectivity index (χ0) is 20.1. The van der Waals surface area contributed by atoms with Gasteiger partial charge in [0.1, 0.15) is 5.82 Å². The van der Waals surface area contributed by atoms with Gasteiger partial charge >= 0.3 is 0 Å². The summed E-state index contributed by atoms with van der Waals surface area (Å²) in [6, 6.07) is 6.44. The van der Waals surface area contributed by atoms with Crippen molar-refractivity contribution in [2.75, 3.05) is 19.6 Å². The molecule has 1 aromatic carbocycles. The number of amides is 2. The summed E-state index contributed by atoms with van der Waals surface area (Å²) in [6.45, 7) is 13.5. The van der Waals surface area contributed by atoms with Crippen molar-refractivity contribution in [3.63, 3.8) is 0 Å². The first-order valence-corrected chi connectivity index (χ1v) is 9.81. The highest BCUT2D eigenvalue weighted by molar-refractivity contribution is 5.79. The van der Waals surface area contributed by atoms with Crippen LogP contribution in [0.5, 0.6) is 0 Å². The Bertz CT molecular complexity index is 549. The maximum absolute atomic E-state index is 13.6. The number of halogens is 1. The Morgan fingerprint density at radius 3 is 2.35 bits per heavy atom. The first-order valence-electron chi connectivity index (χ1n) is 9.81. The van der Waals surface area contributed by atoms with Gasteiger partial charge in [-0.05, 0) is 24.5 Å². The first-order chi connectivity index (χ1) is 12.5. The molecule has 1 aromatic rings. The van der Waals surface area contributed by atoms with Gasteiger partial charge in [-0.2, -0.15) is 0 Å². The minimum absolute atomic E-state index is 0.0512. The van der Waals surface area contributed by atoms with Gasteiger partial charge in [-0.3, -0.25) is 9.59 Å². The van der Waals surface area contributed by atoms with Crippen LogP contribution in [0, 0.1) is 5.82 Å². The molecular weight excluding hydrogens is 331 g/mol. The van der Waals surface area contributed by atoms with Crippen molar-refractivity contribution < 1.29 is 14.0 Å².